The summed E-state index contributed by atoms with van der Waals surface area (Å²) < 4.78 is 187. The Bertz CT molecular complexity index is 5540. The van der Waals surface area contributed by atoms with Gasteiger partial charge in [-0.3, -0.25) is 0 Å². The van der Waals surface area contributed by atoms with E-state index in [-0.39, 0.29) is 137 Å². The predicted molar refractivity (Wildman–Crippen MR) is 443 cm³/mol. The Labute approximate surface area is 658 Å². The van der Waals surface area contributed by atoms with Crippen LogP contribution in [0.3, 0.4) is 0 Å². The summed E-state index contributed by atoms with van der Waals surface area (Å²) in [6, 6.07) is 12.3. The van der Waals surface area contributed by atoms with Gasteiger partial charge in [0.05, 0.1) is 63.9 Å². The van der Waals surface area contributed by atoms with Crippen LogP contribution in [0.25, 0.3) is 89.7 Å². The minimum Gasteiger partial charge on any atom is -0.472 e. The second kappa shape index (κ2) is 37.9. The summed E-state index contributed by atoms with van der Waals surface area (Å²) in [5.74, 6) is -1.99. The molecule has 0 radical (unpaired) electrons. The van der Waals surface area contributed by atoms with Gasteiger partial charge in [0.2, 0.25) is 0 Å². The smallest absolute Gasteiger partial charge is 0.382 e. The molecule has 111 heavy (non-hydrogen) atoms. The fraction of sp³-hybridized carbons (Fsp3) is 0.578. The molecule has 0 saturated carbocycles. The molecule has 7 aromatic rings. The summed E-state index contributed by atoms with van der Waals surface area (Å²) in [7, 11) is -27.1. The third-order valence-corrected chi connectivity index (χ3v) is 34.2. The van der Waals surface area contributed by atoms with E-state index in [1.165, 1.54) is 36.4 Å². The molecule has 9 rings (SSSR count). The molecule has 0 spiro atoms. The molecular formula is C83H114N8O14S6. The number of carbonyl (C=O) groups is 1. The number of nitrogens with zero attached hydrogens (tertiary/aromatic N) is 6. The largest absolute Gasteiger partial charge is 0.472 e. The van der Waals surface area contributed by atoms with Crippen LogP contribution in [0.2, 0.25) is 0 Å². The lowest BCUT2D eigenvalue weighted by atomic mass is 10.0. The van der Waals surface area contributed by atoms with E-state index in [0.717, 1.165) is 64.2 Å². The molecule has 8 bridgehead atoms. The van der Waals surface area contributed by atoms with E-state index in [1.807, 2.05) is 83.1 Å². The second-order valence-electron chi connectivity index (χ2n) is 30.6. The van der Waals surface area contributed by atoms with E-state index in [9.17, 15) is 9.90 Å². The lowest BCUT2D eigenvalue weighted by molar-refractivity contribution is -0.130. The molecule has 0 aliphatic carbocycles. The molecule has 0 fully saturated rings. The summed E-state index contributed by atoms with van der Waals surface area (Å²) in [4.78, 5) is 46.6. The minimum atomic E-state index is -4.55. The fourth-order valence-electron chi connectivity index (χ4n) is 15.3. The predicted octanol–water partition coefficient (Wildman–Crippen LogP) is 18.2. The fourth-order valence-corrected chi connectivity index (χ4v) is 28.7. The number of unbranched alkanes of at least 4 members (excludes halogenated alkanes) is 6. The van der Waals surface area contributed by atoms with Crippen LogP contribution in [-0.2, 0) is 63.8 Å². The standard InChI is InChI=1S/C83H114N8O14S6/c1-13-25-31-54(19-7)48-106(94,95)69-42-63-64(43-70(69)107(96,97)49-55(20-8)32-26-14-2)80-87-78(63)85-76-61-39-37-60(38-40-75(92)93)41-62(61)77(84-76)86-79-65-44-71(108(98,99)50-56(21-9)33-27-15-3)72(109(100,101)51-57(22-10)34-28-16-4)45-66(65)81(88-79)90-83-68-47-74(111(104,105)53-59(24-12)36-30-18-6)73(46-67(68)82(89-80)91-83)110(102,103)52-58(23-11)35-29-17-5/h37,39,41-47,54-59H,13-36,48-53H2,1-12H3,(H,92,93)(H2,84,85,86,87,88,89,90,91). The molecular weight excluding hydrogens is 1530 g/mol. The van der Waals surface area contributed by atoms with Crippen molar-refractivity contribution < 1.29 is 60.4 Å². The Hall–Kier alpha value is -7.03. The highest BCUT2D eigenvalue weighted by molar-refractivity contribution is 7.95. The number of sulfone groups is 6. The van der Waals surface area contributed by atoms with Crippen molar-refractivity contribution in [1.82, 2.24) is 39.9 Å². The number of aliphatic carboxylic acids is 1. The van der Waals surface area contributed by atoms with Crippen LogP contribution < -0.4 is 0 Å². The monoisotopic (exact) mass is 1640 g/mol. The number of carboxylic acid groups (broad SMARTS) is 1. The Morgan fingerprint density at radius 3 is 0.775 bits per heavy atom. The average molecular weight is 1640 g/mol. The van der Waals surface area contributed by atoms with Gasteiger partial charge in [0, 0.05) is 55.3 Å². The number of benzene rings is 4. The van der Waals surface area contributed by atoms with Crippen molar-refractivity contribution in [3.63, 3.8) is 0 Å². The number of fused-ring (bicyclic) bond motifs is 20. The summed E-state index contributed by atoms with van der Waals surface area (Å²) in [5.41, 5.74) is -0.0688. The van der Waals surface area contributed by atoms with Gasteiger partial charge in [0.1, 0.15) is 22.6 Å². The highest BCUT2D eigenvalue weighted by Gasteiger charge is 2.39. The third-order valence-electron chi connectivity index (χ3n) is 22.3. The number of rotatable bonds is 42. The van der Waals surface area contributed by atoms with Gasteiger partial charge in [0.25, 0.3) is 0 Å². The number of hydrogen-bond acceptors (Lipinski definition) is 19. The number of nitrogens with one attached hydrogen (secondary N) is 2. The van der Waals surface area contributed by atoms with Crippen molar-refractivity contribution in [1.29, 1.82) is 0 Å². The molecule has 28 heteroatoms. The molecule has 0 saturated heterocycles. The molecule has 6 unspecified atom stereocenters. The first-order valence-electron chi connectivity index (χ1n) is 40.4. The maximum Gasteiger partial charge on any atom is 0.382 e. The van der Waals surface area contributed by atoms with Crippen molar-refractivity contribution >= 4 is 109 Å². The topological polar surface area (TPSA) is 351 Å². The van der Waals surface area contributed by atoms with Crippen molar-refractivity contribution in [2.24, 2.45) is 35.5 Å². The van der Waals surface area contributed by atoms with E-state index in [4.69, 9.17) is 29.9 Å². The van der Waals surface area contributed by atoms with E-state index < -0.39 is 117 Å². The second-order valence-corrected chi connectivity index (χ2v) is 42.7. The van der Waals surface area contributed by atoms with Gasteiger partial charge < -0.3 is 15.1 Å². The highest BCUT2D eigenvalue weighted by Crippen LogP contribution is 2.45. The molecule has 4 aromatic carbocycles. The zero-order chi connectivity index (χ0) is 81.0. The van der Waals surface area contributed by atoms with Crippen LogP contribution in [0, 0.1) is 47.3 Å². The Morgan fingerprint density at radius 2 is 0.550 bits per heavy atom. The number of carboxylic acids is 1. The van der Waals surface area contributed by atoms with Crippen molar-refractivity contribution in [2.75, 3.05) is 34.5 Å². The van der Waals surface area contributed by atoms with Crippen LogP contribution in [-0.4, -0.2) is 136 Å². The van der Waals surface area contributed by atoms with Crippen LogP contribution in [0.1, 0.15) is 243 Å². The number of aromatic amines is 2. The van der Waals surface area contributed by atoms with Crippen molar-refractivity contribution in [2.45, 2.75) is 267 Å². The van der Waals surface area contributed by atoms with Crippen LogP contribution in [0.5, 0.6) is 0 Å². The molecule has 6 atom stereocenters. The maximum atomic E-state index is 15.6. The quantitative estimate of drug-likeness (QED) is 0.0299. The number of H-pyrrole nitrogens is 2. The van der Waals surface area contributed by atoms with Crippen LogP contribution in [0.15, 0.2) is 84.0 Å². The lowest BCUT2D eigenvalue weighted by Gasteiger charge is -2.20. The summed E-state index contributed by atoms with van der Waals surface area (Å²) in [6.45, 7) is 23.4. The van der Waals surface area contributed by atoms with Crippen molar-refractivity contribution in [3.8, 4) is 57.4 Å². The van der Waals surface area contributed by atoms with E-state index in [2.05, 4.69) is 21.8 Å². The van der Waals surface area contributed by atoms with Crippen LogP contribution >= 0.6 is 0 Å². The maximum absolute atomic E-state index is 15.6. The minimum absolute atomic E-state index is 0.000253. The molecule has 0 amide bonds. The molecule has 2 aliphatic rings. The molecule has 5 heterocycles. The Kier molecular flexibility index (Phi) is 30.1. The zero-order valence-electron chi connectivity index (χ0n) is 66.8. The first-order valence-corrected chi connectivity index (χ1v) is 50.3. The van der Waals surface area contributed by atoms with E-state index in [1.54, 1.807) is 18.2 Å². The van der Waals surface area contributed by atoms with Gasteiger partial charge >= 0.3 is 5.97 Å². The molecule has 3 aromatic heterocycles. The van der Waals surface area contributed by atoms with Gasteiger partial charge in [-0.05, 0) is 129 Å². The van der Waals surface area contributed by atoms with Gasteiger partial charge in [-0.2, -0.15) is 0 Å². The molecule has 3 N–H and O–H groups in total. The first-order chi connectivity index (χ1) is 52.7. The van der Waals surface area contributed by atoms with Crippen LogP contribution in [0.4, 0.5) is 0 Å². The third kappa shape index (κ3) is 20.7. The number of aromatic nitrogens is 8. The SMILES string of the molecule is CCCCC(CC)CS(=O)(=O)c1cc2c(cc1S(=O)(=O)CC(CC)CCCC)-c1nc-2nc2[nH]c(nc3nc(nc4[nH]c(n1)c1cc(S(=O)(=O)CC(CC)CCCC)c(S(=O)(=O)CC(CC)CCCC)cc41)-c1cc(S(=O)(=O)CC(CC)CCCC)c(S(=O)(=O)CC(CC)CCCC)cc1-3)c1cc(C#CC(=O)O)ccc21. The Balaban J connectivity index is 1.55. The normalized spacial score (nSPS) is 14.5. The van der Waals surface area contributed by atoms with Gasteiger partial charge in [-0.25, -0.2) is 85.2 Å². The zero-order valence-corrected chi connectivity index (χ0v) is 71.7. The van der Waals surface area contributed by atoms with Crippen molar-refractivity contribution in [3.05, 3.63) is 60.2 Å². The summed E-state index contributed by atoms with van der Waals surface area (Å²) >= 11 is 0. The lowest BCUT2D eigenvalue weighted by Crippen LogP contribution is -2.22. The molecule has 22 nitrogen and oxygen atoms in total. The summed E-state index contributed by atoms with van der Waals surface area (Å²) in [6.07, 6.45) is 15.2. The number of hydrogen-bond donors (Lipinski definition) is 3. The summed E-state index contributed by atoms with van der Waals surface area (Å²) in [5, 5.41) is 10.3. The Morgan fingerprint density at radius 1 is 0.324 bits per heavy atom. The van der Waals surface area contributed by atoms with Gasteiger partial charge in [0.15, 0.2) is 82.3 Å². The molecule has 606 valence electrons. The first kappa shape index (κ1) is 87.9. The average Bonchev–Trinajstić information content (AvgIpc) is 1.64. The molecule has 2 aliphatic heterocycles. The highest BCUT2D eigenvalue weighted by atomic mass is 32.2. The van der Waals surface area contributed by atoms with E-state index in [0.29, 0.717) is 95.3 Å². The van der Waals surface area contributed by atoms with Gasteiger partial charge in [-0.15, -0.1) is 0 Å². The van der Waals surface area contributed by atoms with Gasteiger partial charge in [-0.1, -0.05) is 205 Å². The van der Waals surface area contributed by atoms with E-state index >= 15 is 50.5 Å².